The van der Waals surface area contributed by atoms with Crippen molar-refractivity contribution < 1.29 is 17.0 Å². The number of halogens is 4. The van der Waals surface area contributed by atoms with E-state index < -0.39 is 0 Å². The summed E-state index contributed by atoms with van der Waals surface area (Å²) in [6.07, 6.45) is 6.41. The van der Waals surface area contributed by atoms with Crippen LogP contribution in [0.5, 0.6) is 0 Å². The number of hydrogen-bond acceptors (Lipinski definition) is 4. The monoisotopic (exact) mass is 528 g/mol. The number of nitrogens with zero attached hydrogens (tertiary/aromatic N) is 6. The Morgan fingerprint density at radius 3 is 1.83 bits per heavy atom. The summed E-state index contributed by atoms with van der Waals surface area (Å²) in [5, 5.41) is 9.61. The molecule has 0 aliphatic heterocycles. The van der Waals surface area contributed by atoms with E-state index in [0.717, 1.165) is 30.6 Å². The van der Waals surface area contributed by atoms with E-state index in [1.54, 1.807) is 29.0 Å². The maximum atomic E-state index is 5.74. The summed E-state index contributed by atoms with van der Waals surface area (Å²) in [6, 6.07) is 7.34. The second kappa shape index (κ2) is 14.4. The Kier molecular flexibility index (Phi) is 14.1. The molecule has 0 N–H and O–H groups in total. The molecule has 0 amide bonds. The predicted molar refractivity (Wildman–Crippen MR) is 116 cm³/mol. The second-order valence-corrected chi connectivity index (χ2v) is 6.63. The molecule has 0 aliphatic carbocycles. The molecule has 0 unspecified atom stereocenters. The molecule has 0 bridgehead atoms. The summed E-state index contributed by atoms with van der Waals surface area (Å²) in [7, 11) is 0. The predicted octanol–water partition coefficient (Wildman–Crippen LogP) is 2.22. The Morgan fingerprint density at radius 2 is 1.31 bits per heavy atom. The molecule has 0 saturated heterocycles. The number of rotatable bonds is 2. The van der Waals surface area contributed by atoms with Gasteiger partial charge in [0.2, 0.25) is 0 Å². The minimum atomic E-state index is 0. The Labute approximate surface area is 211 Å². The fourth-order valence-corrected chi connectivity index (χ4v) is 2.61. The van der Waals surface area contributed by atoms with E-state index in [2.05, 4.69) is 34.0 Å². The van der Waals surface area contributed by atoms with Crippen LogP contribution < -0.4 is 17.0 Å². The summed E-state index contributed by atoms with van der Waals surface area (Å²) in [5.41, 5.74) is 2.56. The van der Waals surface area contributed by atoms with Crippen LogP contribution >= 0.6 is 34.8 Å². The van der Waals surface area contributed by atoms with Gasteiger partial charge in [0.15, 0.2) is 11.3 Å². The molecular weight excluding hydrogens is 511 g/mol. The van der Waals surface area contributed by atoms with Crippen molar-refractivity contribution in [3.8, 4) is 0 Å². The molecule has 4 aromatic rings. The average molecular weight is 531 g/mol. The van der Waals surface area contributed by atoms with E-state index in [0.29, 0.717) is 21.1 Å². The minimum Gasteiger partial charge on any atom is -1.00 e. The fourth-order valence-electron chi connectivity index (χ4n) is 2.11. The van der Waals surface area contributed by atoms with Gasteiger partial charge in [-0.2, -0.15) is 16.6 Å². The first-order valence-electron chi connectivity index (χ1n) is 8.44. The van der Waals surface area contributed by atoms with Crippen molar-refractivity contribution in [2.45, 2.75) is 33.1 Å². The zero-order valence-corrected chi connectivity index (χ0v) is 21.5. The van der Waals surface area contributed by atoms with Crippen molar-refractivity contribution in [3.05, 3.63) is 64.7 Å². The molecule has 0 spiro atoms. The summed E-state index contributed by atoms with van der Waals surface area (Å²) in [5.74, 6) is 0. The topological polar surface area (TPSA) is 60.4 Å². The Bertz CT molecular complexity index is 1010. The van der Waals surface area contributed by atoms with E-state index in [1.807, 2.05) is 19.1 Å². The normalized spacial score (nSPS) is 9.59. The molecule has 6 nitrogen and oxygen atoms in total. The maximum Gasteiger partial charge on any atom is 2.00 e. The molecule has 0 atom stereocenters. The molecule has 4 rings (SSSR count). The number of imidazole rings is 2. The van der Waals surface area contributed by atoms with Crippen LogP contribution in [0, 0.1) is 6.92 Å². The summed E-state index contributed by atoms with van der Waals surface area (Å²) in [4.78, 5) is 8.04. The molecule has 0 radical (unpaired) electrons. The molecular formula is C18H20BrCl3MgN6. The third-order valence-corrected chi connectivity index (χ3v) is 3.68. The summed E-state index contributed by atoms with van der Waals surface area (Å²) < 4.78 is 3.25. The largest absolute Gasteiger partial charge is 2.00 e. The first kappa shape index (κ1) is 28.4. The molecule has 29 heavy (non-hydrogen) atoms. The van der Waals surface area contributed by atoms with Crippen LogP contribution in [0.1, 0.15) is 32.4 Å². The van der Waals surface area contributed by atoms with Crippen molar-refractivity contribution in [1.82, 2.24) is 29.2 Å². The van der Waals surface area contributed by atoms with Gasteiger partial charge in [-0.25, -0.2) is 19.0 Å². The SMILES string of the molecule is CCCc1ccc2nc(Cl)cn2n1.Clc1cn2nc(Cl)ccc2n1.[Br-].[CH2-]CC.[Mg+2]. The zero-order valence-electron chi connectivity index (χ0n) is 16.2. The van der Waals surface area contributed by atoms with Crippen molar-refractivity contribution in [2.24, 2.45) is 0 Å². The average Bonchev–Trinajstić information content (AvgIpc) is 3.16. The number of hydrogen-bond donors (Lipinski definition) is 0. The minimum absolute atomic E-state index is 0. The van der Waals surface area contributed by atoms with E-state index in [-0.39, 0.29) is 40.0 Å². The maximum absolute atomic E-state index is 5.74. The van der Waals surface area contributed by atoms with Gasteiger partial charge in [-0.1, -0.05) is 55.1 Å². The van der Waals surface area contributed by atoms with Crippen LogP contribution in [0.15, 0.2) is 36.7 Å². The molecule has 4 heterocycles. The van der Waals surface area contributed by atoms with Gasteiger partial charge < -0.3 is 23.9 Å². The molecule has 11 heteroatoms. The van der Waals surface area contributed by atoms with Gasteiger partial charge in [0.1, 0.15) is 15.5 Å². The van der Waals surface area contributed by atoms with Crippen molar-refractivity contribution in [2.75, 3.05) is 0 Å². The number of aromatic nitrogens is 6. The van der Waals surface area contributed by atoms with Crippen molar-refractivity contribution >= 4 is 69.1 Å². The molecule has 0 aliphatic rings. The van der Waals surface area contributed by atoms with Gasteiger partial charge in [0.05, 0.1) is 18.1 Å². The van der Waals surface area contributed by atoms with Crippen molar-refractivity contribution in [1.29, 1.82) is 0 Å². The third-order valence-electron chi connectivity index (χ3n) is 3.11. The van der Waals surface area contributed by atoms with Crippen LogP contribution in [-0.2, 0) is 6.42 Å². The number of fused-ring (bicyclic) bond motifs is 2. The molecule has 4 aromatic heterocycles. The van der Waals surface area contributed by atoms with Crippen LogP contribution in [0.3, 0.4) is 0 Å². The first-order chi connectivity index (χ1) is 13.0. The van der Waals surface area contributed by atoms with Crippen LogP contribution in [0.25, 0.3) is 11.3 Å². The summed E-state index contributed by atoms with van der Waals surface area (Å²) >= 11 is 17.0. The Hall–Kier alpha value is -0.644. The van der Waals surface area contributed by atoms with Crippen molar-refractivity contribution in [3.63, 3.8) is 0 Å². The van der Waals surface area contributed by atoms with Gasteiger partial charge >= 0.3 is 23.1 Å². The van der Waals surface area contributed by atoms with Crippen LogP contribution in [-0.4, -0.2) is 52.2 Å². The van der Waals surface area contributed by atoms with Crippen LogP contribution in [0.4, 0.5) is 0 Å². The zero-order chi connectivity index (χ0) is 19.8. The van der Waals surface area contributed by atoms with Gasteiger partial charge in [0.25, 0.3) is 0 Å². The van der Waals surface area contributed by atoms with Gasteiger partial charge in [-0.3, -0.25) is 0 Å². The van der Waals surface area contributed by atoms with Gasteiger partial charge in [0, 0.05) is 0 Å². The second-order valence-electron chi connectivity index (χ2n) is 5.46. The number of aryl methyl sites for hydroxylation is 1. The van der Waals surface area contributed by atoms with E-state index in [9.17, 15) is 0 Å². The van der Waals surface area contributed by atoms with E-state index >= 15 is 0 Å². The fraction of sp³-hybridized carbons (Fsp3) is 0.278. The smallest absolute Gasteiger partial charge is 1.00 e. The van der Waals surface area contributed by atoms with Gasteiger partial charge in [-0.15, -0.1) is 0 Å². The Morgan fingerprint density at radius 1 is 0.828 bits per heavy atom. The molecule has 0 fully saturated rings. The van der Waals surface area contributed by atoms with Crippen LogP contribution in [0.2, 0.25) is 15.5 Å². The third kappa shape index (κ3) is 8.94. The summed E-state index contributed by atoms with van der Waals surface area (Å²) in [6.45, 7) is 7.63. The molecule has 0 aromatic carbocycles. The van der Waals surface area contributed by atoms with E-state index in [4.69, 9.17) is 34.8 Å². The first-order valence-corrected chi connectivity index (χ1v) is 9.57. The standard InChI is InChI=1S/C9H10ClN3.C6H3Cl2N3.C3H7.BrH.Mg/c1-2-3-7-4-5-9-11-8(10)6-13(9)12-7;7-4-1-2-6-9-5(8)3-11(6)10-4;1-3-2;;/h4-6H,2-3H2,1H3;1-3H;1,3H2,2H3;1H;/q;;-1;;+2/p-1. The quantitative estimate of drug-likeness (QED) is 0.295. The molecule has 0 saturated carbocycles. The van der Waals surface area contributed by atoms with E-state index in [1.165, 1.54) is 4.52 Å². The molecule has 152 valence electrons. The Balaban J connectivity index is 0.000000453. The van der Waals surface area contributed by atoms with Gasteiger partial charge in [-0.05, 0) is 30.7 Å².